The molecule has 1 aromatic rings. The average Bonchev–Trinajstić information content (AvgIpc) is 3.08. The summed E-state index contributed by atoms with van der Waals surface area (Å²) in [6, 6.07) is 0. The van der Waals surface area contributed by atoms with Gasteiger partial charge in [0.1, 0.15) is 5.01 Å². The molecule has 0 bridgehead atoms. The maximum atomic E-state index is 12.6. The lowest BCUT2D eigenvalue weighted by atomic mass is 10.1. The SMILES string of the molecule is CCCCCCCC(=O)N(CCCCC)Cc1nc(C(=O)OC)cs1. The number of hydrogen-bond donors (Lipinski definition) is 0. The number of unbranched alkanes of at least 4 members (excludes halogenated alkanes) is 6. The molecule has 0 N–H and O–H groups in total. The van der Waals surface area contributed by atoms with Gasteiger partial charge >= 0.3 is 5.97 Å². The lowest BCUT2D eigenvalue weighted by Gasteiger charge is -2.21. The molecule has 1 amide bonds. The zero-order valence-electron chi connectivity index (χ0n) is 15.9. The Labute approximate surface area is 155 Å². The molecular weight excluding hydrogens is 336 g/mol. The number of amides is 1. The monoisotopic (exact) mass is 368 g/mol. The fraction of sp³-hybridized carbons (Fsp3) is 0.737. The van der Waals surface area contributed by atoms with E-state index in [1.54, 1.807) is 5.38 Å². The third-order valence-corrected chi connectivity index (χ3v) is 4.98. The summed E-state index contributed by atoms with van der Waals surface area (Å²) >= 11 is 1.41. The van der Waals surface area contributed by atoms with Gasteiger partial charge in [0.15, 0.2) is 5.69 Å². The second-order valence-electron chi connectivity index (χ2n) is 6.30. The fourth-order valence-corrected chi connectivity index (χ4v) is 3.41. The van der Waals surface area contributed by atoms with Gasteiger partial charge in [0.25, 0.3) is 0 Å². The summed E-state index contributed by atoms with van der Waals surface area (Å²) in [7, 11) is 1.35. The van der Waals surface area contributed by atoms with Crippen molar-refractivity contribution < 1.29 is 14.3 Å². The molecule has 142 valence electrons. The molecule has 5 nitrogen and oxygen atoms in total. The highest BCUT2D eigenvalue weighted by atomic mass is 32.1. The van der Waals surface area contributed by atoms with Gasteiger partial charge in [-0.25, -0.2) is 9.78 Å². The van der Waals surface area contributed by atoms with Gasteiger partial charge < -0.3 is 9.64 Å². The van der Waals surface area contributed by atoms with Crippen LogP contribution < -0.4 is 0 Å². The van der Waals surface area contributed by atoms with Crippen molar-refractivity contribution >= 4 is 23.2 Å². The molecule has 0 unspecified atom stereocenters. The predicted molar refractivity (Wildman–Crippen MR) is 102 cm³/mol. The van der Waals surface area contributed by atoms with Crippen molar-refractivity contribution in [3.05, 3.63) is 16.1 Å². The van der Waals surface area contributed by atoms with Crippen LogP contribution in [0.25, 0.3) is 0 Å². The van der Waals surface area contributed by atoms with Crippen LogP contribution in [0.15, 0.2) is 5.38 Å². The molecule has 0 aliphatic rings. The van der Waals surface area contributed by atoms with E-state index in [0.717, 1.165) is 43.7 Å². The molecule has 0 spiro atoms. The molecule has 1 heterocycles. The van der Waals surface area contributed by atoms with E-state index in [4.69, 9.17) is 4.74 Å². The summed E-state index contributed by atoms with van der Waals surface area (Å²) in [6.45, 7) is 5.59. The summed E-state index contributed by atoms with van der Waals surface area (Å²) in [5.74, 6) is -0.232. The summed E-state index contributed by atoms with van der Waals surface area (Å²) in [5.41, 5.74) is 0.322. The summed E-state index contributed by atoms with van der Waals surface area (Å²) < 4.78 is 4.69. The molecule has 0 radical (unpaired) electrons. The van der Waals surface area contributed by atoms with Crippen molar-refractivity contribution in [2.75, 3.05) is 13.7 Å². The van der Waals surface area contributed by atoms with Gasteiger partial charge in [0.2, 0.25) is 5.91 Å². The van der Waals surface area contributed by atoms with Crippen molar-refractivity contribution in [2.45, 2.75) is 78.2 Å². The molecule has 0 atom stereocenters. The number of hydrogen-bond acceptors (Lipinski definition) is 5. The Bertz CT molecular complexity index is 517. The van der Waals surface area contributed by atoms with E-state index in [0.29, 0.717) is 18.7 Å². The standard InChI is InChI=1S/C19H32N2O3S/c1-4-6-8-9-10-12-18(22)21(13-11-7-5-2)14-17-20-16(15-25-17)19(23)24-3/h15H,4-14H2,1-3H3. The smallest absolute Gasteiger partial charge is 0.357 e. The Morgan fingerprint density at radius 1 is 1.08 bits per heavy atom. The molecule has 0 aromatic carbocycles. The number of esters is 1. The van der Waals surface area contributed by atoms with Gasteiger partial charge in [-0.1, -0.05) is 52.4 Å². The largest absolute Gasteiger partial charge is 0.464 e. The minimum absolute atomic E-state index is 0.197. The molecule has 0 saturated carbocycles. The van der Waals surface area contributed by atoms with E-state index >= 15 is 0 Å². The van der Waals surface area contributed by atoms with E-state index < -0.39 is 5.97 Å². The lowest BCUT2D eigenvalue weighted by molar-refractivity contribution is -0.132. The van der Waals surface area contributed by atoms with Crippen molar-refractivity contribution in [2.24, 2.45) is 0 Å². The Balaban J connectivity index is 2.57. The molecule has 25 heavy (non-hydrogen) atoms. The molecule has 0 aliphatic heterocycles. The molecule has 1 aromatic heterocycles. The Morgan fingerprint density at radius 3 is 2.44 bits per heavy atom. The first kappa shape index (κ1) is 21.6. The first-order valence-corrected chi connectivity index (χ1v) is 10.3. The zero-order valence-corrected chi connectivity index (χ0v) is 16.7. The van der Waals surface area contributed by atoms with Gasteiger partial charge in [0, 0.05) is 18.3 Å². The van der Waals surface area contributed by atoms with Crippen molar-refractivity contribution in [3.63, 3.8) is 0 Å². The number of ether oxygens (including phenoxy) is 1. The predicted octanol–water partition coefficient (Wildman–Crippen LogP) is 4.81. The first-order valence-electron chi connectivity index (χ1n) is 9.42. The quantitative estimate of drug-likeness (QED) is 0.370. The van der Waals surface area contributed by atoms with Crippen LogP contribution in [-0.2, 0) is 16.1 Å². The minimum Gasteiger partial charge on any atom is -0.464 e. The van der Waals surface area contributed by atoms with Crippen LogP contribution in [0.2, 0.25) is 0 Å². The van der Waals surface area contributed by atoms with E-state index in [1.807, 2.05) is 4.90 Å². The third-order valence-electron chi connectivity index (χ3n) is 4.15. The van der Waals surface area contributed by atoms with Crippen LogP contribution in [0.4, 0.5) is 0 Å². The van der Waals surface area contributed by atoms with Gasteiger partial charge in [0.05, 0.1) is 13.7 Å². The van der Waals surface area contributed by atoms with Crippen LogP contribution in [-0.4, -0.2) is 35.4 Å². The topological polar surface area (TPSA) is 59.5 Å². The summed E-state index contributed by atoms with van der Waals surface area (Å²) in [4.78, 5) is 30.3. The van der Waals surface area contributed by atoms with Crippen molar-refractivity contribution in [3.8, 4) is 0 Å². The second kappa shape index (κ2) is 12.9. The average molecular weight is 369 g/mol. The summed E-state index contributed by atoms with van der Waals surface area (Å²) in [6.07, 6.45) is 9.58. The van der Waals surface area contributed by atoms with Crippen LogP contribution in [0.3, 0.4) is 0 Å². The molecule has 1 rings (SSSR count). The van der Waals surface area contributed by atoms with Crippen LogP contribution in [0.1, 0.15) is 87.1 Å². The highest BCUT2D eigenvalue weighted by Crippen LogP contribution is 2.16. The van der Waals surface area contributed by atoms with Crippen LogP contribution in [0, 0.1) is 0 Å². The normalized spacial score (nSPS) is 10.7. The fourth-order valence-electron chi connectivity index (χ4n) is 2.63. The minimum atomic E-state index is -0.428. The molecule has 6 heteroatoms. The van der Waals surface area contributed by atoms with Gasteiger partial charge in [-0.15, -0.1) is 11.3 Å². The van der Waals surface area contributed by atoms with Gasteiger partial charge in [-0.05, 0) is 12.8 Å². The number of rotatable bonds is 13. The second-order valence-corrected chi connectivity index (χ2v) is 7.25. The van der Waals surface area contributed by atoms with Gasteiger partial charge in [-0.3, -0.25) is 4.79 Å². The first-order chi connectivity index (χ1) is 12.1. The Morgan fingerprint density at radius 2 is 1.76 bits per heavy atom. The zero-order chi connectivity index (χ0) is 18.5. The highest BCUT2D eigenvalue weighted by Gasteiger charge is 2.17. The summed E-state index contributed by atoms with van der Waals surface area (Å²) in [5, 5.41) is 2.48. The Hall–Kier alpha value is -1.43. The Kier molecular flexibility index (Phi) is 11.1. The van der Waals surface area contributed by atoms with Crippen LogP contribution in [0.5, 0.6) is 0 Å². The van der Waals surface area contributed by atoms with E-state index in [1.165, 1.54) is 37.7 Å². The van der Waals surface area contributed by atoms with Gasteiger partial charge in [-0.2, -0.15) is 0 Å². The molecule has 0 saturated heterocycles. The molecule has 0 fully saturated rings. The van der Waals surface area contributed by atoms with E-state index in [9.17, 15) is 9.59 Å². The molecule has 0 aliphatic carbocycles. The maximum absolute atomic E-state index is 12.6. The van der Waals surface area contributed by atoms with Crippen molar-refractivity contribution in [1.29, 1.82) is 0 Å². The number of nitrogens with zero attached hydrogens (tertiary/aromatic N) is 2. The third kappa shape index (κ3) is 8.47. The van der Waals surface area contributed by atoms with Crippen LogP contribution >= 0.6 is 11.3 Å². The molecular formula is C19H32N2O3S. The number of thiazole rings is 1. The maximum Gasteiger partial charge on any atom is 0.357 e. The number of aromatic nitrogens is 1. The van der Waals surface area contributed by atoms with E-state index in [-0.39, 0.29) is 5.91 Å². The van der Waals surface area contributed by atoms with Crippen molar-refractivity contribution in [1.82, 2.24) is 9.88 Å². The number of carbonyl (C=O) groups excluding carboxylic acids is 2. The number of carbonyl (C=O) groups is 2. The number of methoxy groups -OCH3 is 1. The lowest BCUT2D eigenvalue weighted by Crippen LogP contribution is -2.31. The highest BCUT2D eigenvalue weighted by molar-refractivity contribution is 7.09. The van der Waals surface area contributed by atoms with E-state index in [2.05, 4.69) is 18.8 Å².